The zero-order valence-corrected chi connectivity index (χ0v) is 17.2. The van der Waals surface area contributed by atoms with E-state index in [1.165, 1.54) is 24.0 Å². The number of urea groups is 1. The summed E-state index contributed by atoms with van der Waals surface area (Å²) in [6.45, 7) is 0.804. The van der Waals surface area contributed by atoms with Gasteiger partial charge in [-0.1, -0.05) is 24.3 Å². The first kappa shape index (κ1) is 18.1. The molecule has 2 aromatic rings. The highest BCUT2D eigenvalue weighted by atomic mass is 32.2. The van der Waals surface area contributed by atoms with Crippen molar-refractivity contribution in [1.29, 1.82) is 0 Å². The Morgan fingerprint density at radius 2 is 1.89 bits per heavy atom. The summed E-state index contributed by atoms with van der Waals surface area (Å²) in [6.07, 6.45) is 8.60. The Kier molecular flexibility index (Phi) is 4.83. The highest BCUT2D eigenvalue weighted by molar-refractivity contribution is 7.99. The Morgan fingerprint density at radius 1 is 1.18 bits per heavy atom. The van der Waals surface area contributed by atoms with Crippen LogP contribution in [0.2, 0.25) is 0 Å². The standard InChI is InChI=1S/C22H28N4OS/c1-25-13-19(12-23-25)20-14-28-9-8-26(20)22(27)24-21-17-6-7-18(21)11-16-5-3-2-4-15(16)10-17/h2-5,12-13,17-18,20-21H,6-11,14H2,1H3,(H,24,27). The summed E-state index contributed by atoms with van der Waals surface area (Å²) < 4.78 is 1.83. The minimum absolute atomic E-state index is 0.113. The summed E-state index contributed by atoms with van der Waals surface area (Å²) in [5, 5.41) is 7.80. The van der Waals surface area contributed by atoms with Crippen LogP contribution in [-0.4, -0.2) is 44.8 Å². The number of amides is 2. The van der Waals surface area contributed by atoms with Crippen molar-refractivity contribution in [2.24, 2.45) is 18.9 Å². The summed E-state index contributed by atoms with van der Waals surface area (Å²) in [5.41, 5.74) is 4.11. The first-order valence-corrected chi connectivity index (χ1v) is 11.5. The van der Waals surface area contributed by atoms with E-state index in [-0.39, 0.29) is 12.1 Å². The van der Waals surface area contributed by atoms with Crippen LogP contribution in [0, 0.1) is 11.8 Å². The lowest BCUT2D eigenvalue weighted by molar-refractivity contribution is 0.172. The maximum absolute atomic E-state index is 13.3. The molecule has 3 atom stereocenters. The SMILES string of the molecule is Cn1cc(C2CSCCN2C(=O)NC2C3CCC2Cc2ccccc2C3)cn1. The smallest absolute Gasteiger partial charge is 0.318 e. The monoisotopic (exact) mass is 396 g/mol. The van der Waals surface area contributed by atoms with E-state index < -0.39 is 0 Å². The van der Waals surface area contributed by atoms with Gasteiger partial charge in [-0.05, 0) is 48.6 Å². The van der Waals surface area contributed by atoms with Crippen LogP contribution in [0.15, 0.2) is 36.7 Å². The summed E-state index contributed by atoms with van der Waals surface area (Å²) in [5.74, 6) is 3.08. The molecule has 2 bridgehead atoms. The van der Waals surface area contributed by atoms with Crippen LogP contribution in [-0.2, 0) is 19.9 Å². The highest BCUT2D eigenvalue weighted by Gasteiger charge is 2.41. The van der Waals surface area contributed by atoms with Gasteiger partial charge in [0, 0.05) is 42.9 Å². The van der Waals surface area contributed by atoms with Gasteiger partial charge in [-0.3, -0.25) is 4.68 Å². The molecule has 5 rings (SSSR count). The topological polar surface area (TPSA) is 50.2 Å². The van der Waals surface area contributed by atoms with Crippen LogP contribution in [0.3, 0.4) is 0 Å². The molecule has 1 N–H and O–H groups in total. The number of rotatable bonds is 2. The van der Waals surface area contributed by atoms with Gasteiger partial charge in [-0.15, -0.1) is 0 Å². The molecule has 2 heterocycles. The van der Waals surface area contributed by atoms with Gasteiger partial charge >= 0.3 is 6.03 Å². The zero-order chi connectivity index (χ0) is 19.1. The van der Waals surface area contributed by atoms with Gasteiger partial charge in [0.05, 0.1) is 12.2 Å². The molecular formula is C22H28N4OS. The molecule has 1 saturated heterocycles. The van der Waals surface area contributed by atoms with E-state index in [2.05, 4.69) is 34.7 Å². The predicted octanol–water partition coefficient (Wildman–Crippen LogP) is 3.41. The molecule has 1 aliphatic heterocycles. The van der Waals surface area contributed by atoms with E-state index in [0.29, 0.717) is 17.9 Å². The van der Waals surface area contributed by atoms with Crippen molar-refractivity contribution in [3.63, 3.8) is 0 Å². The van der Waals surface area contributed by atoms with E-state index in [1.54, 1.807) is 0 Å². The van der Waals surface area contributed by atoms with Gasteiger partial charge in [0.1, 0.15) is 0 Å². The Bertz CT molecular complexity index is 833. The van der Waals surface area contributed by atoms with E-state index in [0.717, 1.165) is 36.5 Å². The van der Waals surface area contributed by atoms with Gasteiger partial charge in [-0.25, -0.2) is 4.79 Å². The molecule has 2 aliphatic carbocycles. The number of nitrogens with zero attached hydrogens (tertiary/aromatic N) is 3. The van der Waals surface area contributed by atoms with Crippen LogP contribution < -0.4 is 5.32 Å². The number of thioether (sulfide) groups is 1. The Labute approximate surface area is 170 Å². The van der Waals surface area contributed by atoms with Crippen molar-refractivity contribution in [3.8, 4) is 0 Å². The third-order valence-corrected chi connectivity index (χ3v) is 7.82. The number of benzene rings is 1. The molecule has 1 saturated carbocycles. The average Bonchev–Trinajstić information content (AvgIpc) is 3.25. The molecule has 0 radical (unpaired) electrons. The first-order valence-electron chi connectivity index (χ1n) is 10.4. The molecule has 28 heavy (non-hydrogen) atoms. The molecule has 3 aliphatic rings. The quantitative estimate of drug-likeness (QED) is 0.846. The van der Waals surface area contributed by atoms with Crippen LogP contribution in [0.1, 0.15) is 35.6 Å². The van der Waals surface area contributed by atoms with E-state index in [1.807, 2.05) is 40.8 Å². The number of aryl methyl sites for hydroxylation is 1. The van der Waals surface area contributed by atoms with E-state index in [4.69, 9.17) is 0 Å². The first-order chi connectivity index (χ1) is 13.7. The summed E-state index contributed by atoms with van der Waals surface area (Å²) in [4.78, 5) is 15.4. The van der Waals surface area contributed by atoms with Crippen molar-refractivity contribution < 1.29 is 4.79 Å². The summed E-state index contributed by atoms with van der Waals surface area (Å²) >= 11 is 1.92. The second kappa shape index (κ2) is 7.47. The molecule has 0 spiro atoms. The van der Waals surface area contributed by atoms with Crippen molar-refractivity contribution >= 4 is 17.8 Å². The van der Waals surface area contributed by atoms with Crippen molar-refractivity contribution in [2.75, 3.05) is 18.1 Å². The molecule has 1 aromatic carbocycles. The maximum Gasteiger partial charge on any atom is 0.318 e. The van der Waals surface area contributed by atoms with Crippen LogP contribution in [0.25, 0.3) is 0 Å². The van der Waals surface area contributed by atoms with Crippen molar-refractivity contribution in [3.05, 3.63) is 53.3 Å². The molecular weight excluding hydrogens is 368 g/mol. The van der Waals surface area contributed by atoms with Gasteiger partial charge in [0.25, 0.3) is 0 Å². The second-order valence-electron chi connectivity index (χ2n) is 8.48. The van der Waals surface area contributed by atoms with Gasteiger partial charge < -0.3 is 10.2 Å². The molecule has 148 valence electrons. The minimum Gasteiger partial charge on any atom is -0.335 e. The molecule has 5 nitrogen and oxygen atoms in total. The average molecular weight is 397 g/mol. The third kappa shape index (κ3) is 3.32. The Balaban J connectivity index is 1.33. The summed E-state index contributed by atoms with van der Waals surface area (Å²) in [7, 11) is 1.94. The number of hydrogen-bond acceptors (Lipinski definition) is 3. The Morgan fingerprint density at radius 3 is 2.54 bits per heavy atom. The fourth-order valence-electron chi connectivity index (χ4n) is 5.35. The molecule has 1 aromatic heterocycles. The van der Waals surface area contributed by atoms with E-state index in [9.17, 15) is 4.79 Å². The third-order valence-electron chi connectivity index (χ3n) is 6.80. The van der Waals surface area contributed by atoms with Gasteiger partial charge in [0.15, 0.2) is 0 Å². The normalized spacial score (nSPS) is 29.2. The number of hydrogen-bond donors (Lipinski definition) is 1. The van der Waals surface area contributed by atoms with E-state index >= 15 is 0 Å². The lowest BCUT2D eigenvalue weighted by atomic mass is 9.94. The molecule has 2 fully saturated rings. The minimum atomic E-state index is 0.113. The number of nitrogens with one attached hydrogen (secondary N) is 1. The van der Waals surface area contributed by atoms with Crippen LogP contribution in [0.5, 0.6) is 0 Å². The molecule has 3 unspecified atom stereocenters. The van der Waals surface area contributed by atoms with Crippen molar-refractivity contribution in [2.45, 2.75) is 37.8 Å². The number of carbonyl (C=O) groups is 1. The maximum atomic E-state index is 13.3. The second-order valence-corrected chi connectivity index (χ2v) is 9.63. The van der Waals surface area contributed by atoms with Gasteiger partial charge in [-0.2, -0.15) is 16.9 Å². The summed E-state index contributed by atoms with van der Waals surface area (Å²) in [6, 6.07) is 9.37. The lowest BCUT2D eigenvalue weighted by Gasteiger charge is -2.37. The van der Waals surface area contributed by atoms with Crippen molar-refractivity contribution in [1.82, 2.24) is 20.0 Å². The fourth-order valence-corrected chi connectivity index (χ4v) is 6.44. The molecule has 2 amide bonds. The predicted molar refractivity (Wildman–Crippen MR) is 112 cm³/mol. The Hall–Kier alpha value is -1.95. The molecule has 6 heteroatoms. The van der Waals surface area contributed by atoms with Gasteiger partial charge in [0.2, 0.25) is 0 Å². The van der Waals surface area contributed by atoms with Crippen LogP contribution >= 0.6 is 11.8 Å². The number of aromatic nitrogens is 2. The zero-order valence-electron chi connectivity index (χ0n) is 16.4. The number of carbonyl (C=O) groups excluding carboxylic acids is 1. The van der Waals surface area contributed by atoms with Crippen LogP contribution in [0.4, 0.5) is 4.79 Å². The highest BCUT2D eigenvalue weighted by Crippen LogP contribution is 2.40. The lowest BCUT2D eigenvalue weighted by Crippen LogP contribution is -2.51. The number of fused-ring (bicyclic) bond motifs is 3. The fraction of sp³-hybridized carbons (Fsp3) is 0.545. The largest absolute Gasteiger partial charge is 0.335 e.